The van der Waals surface area contributed by atoms with Crippen LogP contribution in [0.25, 0.3) is 10.2 Å². The van der Waals surface area contributed by atoms with Crippen molar-refractivity contribution in [3.63, 3.8) is 0 Å². The van der Waals surface area contributed by atoms with Gasteiger partial charge in [0.25, 0.3) is 5.91 Å². The van der Waals surface area contributed by atoms with E-state index in [1.54, 1.807) is 13.1 Å². The fourth-order valence-electron chi connectivity index (χ4n) is 2.53. The number of thiophene rings is 1. The van der Waals surface area contributed by atoms with E-state index in [2.05, 4.69) is 25.6 Å². The van der Waals surface area contributed by atoms with Crippen molar-refractivity contribution in [3.8, 4) is 0 Å². The first kappa shape index (κ1) is 19.1. The number of aryl methyl sites for hydroxylation is 1. The first-order chi connectivity index (χ1) is 12.8. The van der Waals surface area contributed by atoms with Crippen LogP contribution in [0.5, 0.6) is 0 Å². The van der Waals surface area contributed by atoms with E-state index in [0.717, 1.165) is 11.1 Å². The lowest BCUT2D eigenvalue weighted by Gasteiger charge is -2.15. The number of halogens is 1. The molecule has 9 heteroatoms. The second kappa shape index (κ2) is 7.93. The van der Waals surface area contributed by atoms with Gasteiger partial charge in [-0.15, -0.1) is 11.3 Å². The summed E-state index contributed by atoms with van der Waals surface area (Å²) >= 11 is 1.43. The molecule has 7 nitrogen and oxygen atoms in total. The first-order valence-electron chi connectivity index (χ1n) is 8.45. The molecule has 0 fully saturated rings. The number of nitrogens with one attached hydrogen (secondary N) is 2. The number of amides is 1. The van der Waals surface area contributed by atoms with Gasteiger partial charge in [0.2, 0.25) is 5.95 Å². The highest BCUT2D eigenvalue weighted by Gasteiger charge is 2.18. The molecule has 3 N–H and O–H groups in total. The van der Waals surface area contributed by atoms with Gasteiger partial charge in [0.05, 0.1) is 28.6 Å². The molecule has 0 saturated carbocycles. The number of aliphatic hydroxyl groups excluding tert-OH is 1. The van der Waals surface area contributed by atoms with Crippen molar-refractivity contribution >= 4 is 33.4 Å². The number of carbonyl (C=O) groups is 1. The molecule has 0 spiro atoms. The zero-order valence-corrected chi connectivity index (χ0v) is 16.0. The summed E-state index contributed by atoms with van der Waals surface area (Å²) in [6.45, 7) is 5.48. The Bertz CT molecular complexity index is 976. The first-order valence-corrected chi connectivity index (χ1v) is 9.26. The Kier molecular flexibility index (Phi) is 5.62. The van der Waals surface area contributed by atoms with Crippen LogP contribution in [-0.2, 0) is 0 Å². The molecule has 1 amide bonds. The third-order valence-corrected chi connectivity index (χ3v) is 4.89. The second-order valence-corrected chi connectivity index (χ2v) is 7.59. The van der Waals surface area contributed by atoms with Crippen LogP contribution in [0.3, 0.4) is 0 Å². The van der Waals surface area contributed by atoms with Crippen LogP contribution < -0.4 is 10.6 Å². The molecule has 0 saturated heterocycles. The van der Waals surface area contributed by atoms with Gasteiger partial charge in [0, 0.05) is 17.6 Å². The van der Waals surface area contributed by atoms with Crippen molar-refractivity contribution < 1.29 is 14.3 Å². The van der Waals surface area contributed by atoms with Gasteiger partial charge in [-0.25, -0.2) is 14.4 Å². The summed E-state index contributed by atoms with van der Waals surface area (Å²) in [5.41, 5.74) is 1.54. The number of anilines is 1. The van der Waals surface area contributed by atoms with Gasteiger partial charge in [-0.2, -0.15) is 0 Å². The topological polar surface area (TPSA) is 100 Å². The van der Waals surface area contributed by atoms with Crippen LogP contribution in [0, 0.1) is 12.7 Å². The summed E-state index contributed by atoms with van der Waals surface area (Å²) in [6.07, 6.45) is 2.04. The van der Waals surface area contributed by atoms with Crippen LogP contribution in [0.1, 0.15) is 40.8 Å². The quantitative estimate of drug-likeness (QED) is 0.599. The number of hydrogen-bond acceptors (Lipinski definition) is 7. The standard InChI is InChI=1S/C18H20FN5O2S/c1-9(25)6-21-17(26)15-16-14(4-10(2)27-16)23-18(24-15)22-11(3)12-5-13(19)8-20-7-12/h4-5,7-9,11,25H,6H2,1-3H3,(H,21,26)(H,22,23,24)/t9-,11-/m0/s1. The van der Waals surface area contributed by atoms with Crippen LogP contribution in [-0.4, -0.2) is 38.6 Å². The van der Waals surface area contributed by atoms with Gasteiger partial charge in [0.15, 0.2) is 5.69 Å². The van der Waals surface area contributed by atoms with Gasteiger partial charge in [0.1, 0.15) is 5.82 Å². The van der Waals surface area contributed by atoms with Crippen molar-refractivity contribution in [1.82, 2.24) is 20.3 Å². The maximum Gasteiger partial charge on any atom is 0.271 e. The number of carbonyl (C=O) groups excluding carboxylic acids is 1. The van der Waals surface area contributed by atoms with Gasteiger partial charge < -0.3 is 15.7 Å². The molecule has 3 rings (SSSR count). The predicted molar refractivity (Wildman–Crippen MR) is 102 cm³/mol. The normalized spacial score (nSPS) is 13.4. The Hall–Kier alpha value is -2.65. The highest BCUT2D eigenvalue weighted by Crippen LogP contribution is 2.28. The summed E-state index contributed by atoms with van der Waals surface area (Å²) in [6, 6.07) is 2.96. The maximum atomic E-state index is 13.4. The fourth-order valence-corrected chi connectivity index (χ4v) is 3.47. The highest BCUT2D eigenvalue weighted by atomic mass is 32.1. The highest BCUT2D eigenvalue weighted by molar-refractivity contribution is 7.19. The summed E-state index contributed by atoms with van der Waals surface area (Å²) < 4.78 is 14.1. The van der Waals surface area contributed by atoms with E-state index in [0.29, 0.717) is 15.8 Å². The van der Waals surface area contributed by atoms with Crippen LogP contribution in [0.2, 0.25) is 0 Å². The largest absolute Gasteiger partial charge is 0.392 e. The Morgan fingerprint density at radius 1 is 1.30 bits per heavy atom. The molecule has 0 radical (unpaired) electrons. The molecule has 3 aromatic heterocycles. The summed E-state index contributed by atoms with van der Waals surface area (Å²) in [7, 11) is 0. The number of aliphatic hydroxyl groups is 1. The fraction of sp³-hybridized carbons (Fsp3) is 0.333. The Labute approximate surface area is 159 Å². The molecule has 0 unspecified atom stereocenters. The Morgan fingerprint density at radius 3 is 2.78 bits per heavy atom. The maximum absolute atomic E-state index is 13.4. The van der Waals surface area contributed by atoms with E-state index in [1.807, 2.05) is 19.9 Å². The molecular weight excluding hydrogens is 369 g/mol. The lowest BCUT2D eigenvalue weighted by Crippen LogP contribution is -2.31. The van der Waals surface area contributed by atoms with Gasteiger partial charge >= 0.3 is 0 Å². The summed E-state index contributed by atoms with van der Waals surface area (Å²) in [5.74, 6) is -0.545. The van der Waals surface area contributed by atoms with Crippen LogP contribution >= 0.6 is 11.3 Å². The molecule has 27 heavy (non-hydrogen) atoms. The van der Waals surface area contributed by atoms with E-state index in [4.69, 9.17) is 0 Å². The van der Waals surface area contributed by atoms with E-state index >= 15 is 0 Å². The van der Waals surface area contributed by atoms with E-state index in [1.165, 1.54) is 17.4 Å². The third-order valence-electron chi connectivity index (χ3n) is 3.84. The number of fused-ring (bicyclic) bond motifs is 1. The van der Waals surface area contributed by atoms with Crippen molar-refractivity contribution in [2.75, 3.05) is 11.9 Å². The Balaban J connectivity index is 1.92. The average Bonchev–Trinajstić information content (AvgIpc) is 2.98. The summed E-state index contributed by atoms with van der Waals surface area (Å²) in [4.78, 5) is 26.2. The number of nitrogens with zero attached hydrogens (tertiary/aromatic N) is 3. The molecule has 0 bridgehead atoms. The van der Waals surface area contributed by atoms with Crippen molar-refractivity contribution in [3.05, 3.63) is 46.5 Å². The van der Waals surface area contributed by atoms with Gasteiger partial charge in [-0.3, -0.25) is 9.78 Å². The van der Waals surface area contributed by atoms with Crippen molar-refractivity contribution in [2.24, 2.45) is 0 Å². The lowest BCUT2D eigenvalue weighted by molar-refractivity contribution is 0.0921. The Morgan fingerprint density at radius 2 is 2.07 bits per heavy atom. The zero-order chi connectivity index (χ0) is 19.6. The van der Waals surface area contributed by atoms with Gasteiger partial charge in [-0.1, -0.05) is 0 Å². The minimum absolute atomic E-state index is 0.128. The molecule has 0 aliphatic carbocycles. The monoisotopic (exact) mass is 389 g/mol. The average molecular weight is 389 g/mol. The molecular formula is C18H20FN5O2S. The van der Waals surface area contributed by atoms with E-state index in [9.17, 15) is 14.3 Å². The van der Waals surface area contributed by atoms with Crippen LogP contribution in [0.15, 0.2) is 24.5 Å². The molecule has 0 aromatic carbocycles. The van der Waals surface area contributed by atoms with Crippen LogP contribution in [0.4, 0.5) is 10.3 Å². The van der Waals surface area contributed by atoms with E-state index in [-0.39, 0.29) is 30.1 Å². The number of pyridine rings is 1. The minimum Gasteiger partial charge on any atom is -0.392 e. The van der Waals surface area contributed by atoms with Gasteiger partial charge in [-0.05, 0) is 38.5 Å². The number of rotatable bonds is 6. The summed E-state index contributed by atoms with van der Waals surface area (Å²) in [5, 5.41) is 15.1. The third kappa shape index (κ3) is 4.55. The lowest BCUT2D eigenvalue weighted by atomic mass is 10.1. The SMILES string of the molecule is Cc1cc2nc(N[C@@H](C)c3cncc(F)c3)nc(C(=O)NC[C@H](C)O)c2s1. The molecule has 3 heterocycles. The molecule has 3 aromatic rings. The van der Waals surface area contributed by atoms with Crippen molar-refractivity contribution in [1.29, 1.82) is 0 Å². The number of hydrogen-bond donors (Lipinski definition) is 3. The smallest absolute Gasteiger partial charge is 0.271 e. The molecule has 142 valence electrons. The minimum atomic E-state index is -0.658. The van der Waals surface area contributed by atoms with E-state index < -0.39 is 11.9 Å². The molecule has 0 aliphatic heterocycles. The second-order valence-electron chi connectivity index (χ2n) is 6.33. The number of aromatic nitrogens is 3. The molecule has 2 atom stereocenters. The predicted octanol–water partition coefficient (Wildman–Crippen LogP) is 2.82. The molecule has 0 aliphatic rings. The van der Waals surface area contributed by atoms with Crippen molar-refractivity contribution in [2.45, 2.75) is 32.9 Å². The zero-order valence-electron chi connectivity index (χ0n) is 15.2.